The Labute approximate surface area is 233 Å². The van der Waals surface area contributed by atoms with Gasteiger partial charge in [0.2, 0.25) is 11.8 Å². The van der Waals surface area contributed by atoms with Crippen LogP contribution < -0.4 is 5.73 Å². The van der Waals surface area contributed by atoms with E-state index in [9.17, 15) is 14.4 Å². The van der Waals surface area contributed by atoms with Crippen molar-refractivity contribution in [2.24, 2.45) is 11.7 Å². The summed E-state index contributed by atoms with van der Waals surface area (Å²) in [4.78, 5) is 45.1. The summed E-state index contributed by atoms with van der Waals surface area (Å²) < 4.78 is 0. The van der Waals surface area contributed by atoms with Crippen LogP contribution >= 0.6 is 0 Å². The van der Waals surface area contributed by atoms with E-state index >= 15 is 0 Å². The second-order valence-electron chi connectivity index (χ2n) is 11.7. The lowest BCUT2D eigenvalue weighted by Crippen LogP contribution is -2.55. The number of imide groups is 1. The second-order valence-corrected chi connectivity index (χ2v) is 11.7. The fourth-order valence-electron chi connectivity index (χ4n) is 6.27. The van der Waals surface area contributed by atoms with E-state index in [4.69, 9.17) is 5.73 Å². The van der Waals surface area contributed by atoms with Crippen LogP contribution in [0, 0.1) is 12.8 Å². The Hall–Kier alpha value is -2.83. The molecule has 2 aromatic carbocycles. The average Bonchev–Trinajstić information content (AvgIpc) is 3.43. The van der Waals surface area contributed by atoms with Gasteiger partial charge in [-0.25, -0.2) is 0 Å². The molecule has 0 bridgehead atoms. The van der Waals surface area contributed by atoms with Crippen molar-refractivity contribution in [1.29, 1.82) is 0 Å². The van der Waals surface area contributed by atoms with E-state index in [1.165, 1.54) is 10.5 Å². The van der Waals surface area contributed by atoms with E-state index in [0.717, 1.165) is 56.1 Å². The van der Waals surface area contributed by atoms with Crippen LogP contribution in [0.4, 0.5) is 0 Å². The summed E-state index contributed by atoms with van der Waals surface area (Å²) >= 11 is 0. The first kappa shape index (κ1) is 29.2. The third-order valence-corrected chi connectivity index (χ3v) is 9.10. The van der Waals surface area contributed by atoms with Crippen molar-refractivity contribution in [2.75, 3.05) is 13.1 Å². The highest BCUT2D eigenvalue weighted by molar-refractivity contribution is 6.00. The van der Waals surface area contributed by atoms with E-state index < -0.39 is 17.5 Å². The lowest BCUT2D eigenvalue weighted by molar-refractivity contribution is -0.150. The first-order valence-electron chi connectivity index (χ1n) is 14.8. The summed E-state index contributed by atoms with van der Waals surface area (Å²) in [5.74, 6) is -0.408. The van der Waals surface area contributed by atoms with Gasteiger partial charge in [0.05, 0.1) is 30.6 Å². The number of carbonyl (C=O) groups excluding carboxylic acids is 3. The molecular formula is C33H45N3O3. The van der Waals surface area contributed by atoms with E-state index in [1.54, 1.807) is 0 Å². The SMILES string of the molecule is CC[C@H](C)[C@H](N)C(=O)N(Cc1ccccc1)C(=O)[C@@H]1CCCN1CC(=O)C1(c2ccc(C)cc2)CCCCC1. The molecule has 2 aromatic rings. The van der Waals surface area contributed by atoms with Crippen LogP contribution in [0.1, 0.15) is 81.9 Å². The zero-order valence-corrected chi connectivity index (χ0v) is 23.9. The molecule has 2 aliphatic rings. The van der Waals surface area contributed by atoms with Gasteiger partial charge in [0.15, 0.2) is 5.78 Å². The highest BCUT2D eigenvalue weighted by Gasteiger charge is 2.44. The van der Waals surface area contributed by atoms with Gasteiger partial charge in [0, 0.05) is 0 Å². The molecule has 6 nitrogen and oxygen atoms in total. The summed E-state index contributed by atoms with van der Waals surface area (Å²) in [5, 5.41) is 0. The van der Waals surface area contributed by atoms with Gasteiger partial charge in [-0.1, -0.05) is 99.7 Å². The topological polar surface area (TPSA) is 83.7 Å². The summed E-state index contributed by atoms with van der Waals surface area (Å²) in [6.45, 7) is 7.11. The van der Waals surface area contributed by atoms with Crippen molar-refractivity contribution >= 4 is 17.6 Å². The van der Waals surface area contributed by atoms with Crippen LogP contribution in [0.3, 0.4) is 0 Å². The normalized spacial score (nSPS) is 20.8. The average molecular weight is 532 g/mol. The van der Waals surface area contributed by atoms with E-state index in [1.807, 2.05) is 49.1 Å². The molecule has 3 atom stereocenters. The molecule has 1 saturated heterocycles. The Bertz CT molecular complexity index is 1120. The lowest BCUT2D eigenvalue weighted by Gasteiger charge is -2.38. The van der Waals surface area contributed by atoms with Gasteiger partial charge in [0.1, 0.15) is 0 Å². The monoisotopic (exact) mass is 531 g/mol. The van der Waals surface area contributed by atoms with Crippen molar-refractivity contribution in [3.63, 3.8) is 0 Å². The molecule has 2 fully saturated rings. The van der Waals surface area contributed by atoms with Gasteiger partial charge < -0.3 is 5.73 Å². The number of ketones is 1. The molecular weight excluding hydrogens is 486 g/mol. The number of nitrogens with two attached hydrogens (primary N) is 1. The first-order valence-corrected chi connectivity index (χ1v) is 14.8. The Morgan fingerprint density at radius 3 is 2.31 bits per heavy atom. The molecule has 0 spiro atoms. The zero-order chi connectivity index (χ0) is 28.0. The number of carbonyl (C=O) groups is 3. The zero-order valence-electron chi connectivity index (χ0n) is 23.9. The quantitative estimate of drug-likeness (QED) is 0.458. The lowest BCUT2D eigenvalue weighted by atomic mass is 9.66. The number of rotatable bonds is 10. The van der Waals surface area contributed by atoms with Crippen molar-refractivity contribution < 1.29 is 14.4 Å². The van der Waals surface area contributed by atoms with Gasteiger partial charge in [-0.2, -0.15) is 0 Å². The predicted molar refractivity (Wildman–Crippen MR) is 155 cm³/mol. The third kappa shape index (κ3) is 6.50. The molecule has 0 radical (unpaired) electrons. The summed E-state index contributed by atoms with van der Waals surface area (Å²) in [6, 6.07) is 16.8. The fourth-order valence-corrected chi connectivity index (χ4v) is 6.27. The van der Waals surface area contributed by atoms with E-state index in [-0.39, 0.29) is 36.6 Å². The molecule has 0 unspecified atom stereocenters. The second kappa shape index (κ2) is 13.0. The Balaban J connectivity index is 1.57. The fraction of sp³-hybridized carbons (Fsp3) is 0.545. The highest BCUT2D eigenvalue weighted by Crippen LogP contribution is 2.41. The summed E-state index contributed by atoms with van der Waals surface area (Å²) in [6.07, 6.45) is 7.15. The van der Waals surface area contributed by atoms with Crippen LogP contribution in [0.15, 0.2) is 54.6 Å². The standard InChI is InChI=1S/C33H45N3O3/c1-4-25(3)30(34)32(39)36(22-26-12-7-5-8-13-26)31(38)28-14-11-21-35(28)23-29(37)33(19-9-6-10-20-33)27-17-15-24(2)16-18-27/h5,7-8,12-13,15-18,25,28,30H,4,6,9-11,14,19-23,34H2,1-3H3/t25-,28-,30-/m0/s1. The van der Waals surface area contributed by atoms with Gasteiger partial charge in [-0.05, 0) is 56.2 Å². The maximum Gasteiger partial charge on any atom is 0.246 e. The van der Waals surface area contributed by atoms with Crippen LogP contribution in [0.25, 0.3) is 0 Å². The maximum absolute atomic E-state index is 14.1. The van der Waals surface area contributed by atoms with Crippen LogP contribution in [0.2, 0.25) is 0 Å². The Kier molecular flexibility index (Phi) is 9.73. The largest absolute Gasteiger partial charge is 0.320 e. The Morgan fingerprint density at radius 1 is 1.00 bits per heavy atom. The van der Waals surface area contributed by atoms with Crippen molar-refractivity contribution in [3.05, 3.63) is 71.3 Å². The van der Waals surface area contributed by atoms with Gasteiger partial charge in [0.25, 0.3) is 0 Å². The highest BCUT2D eigenvalue weighted by atomic mass is 16.2. The molecule has 210 valence electrons. The number of aryl methyl sites for hydroxylation is 1. The molecule has 2 N–H and O–H groups in total. The molecule has 0 aromatic heterocycles. The van der Waals surface area contributed by atoms with Gasteiger partial charge in [-0.3, -0.25) is 24.2 Å². The number of likely N-dealkylation sites (tertiary alicyclic amines) is 1. The number of hydrogen-bond acceptors (Lipinski definition) is 5. The minimum Gasteiger partial charge on any atom is -0.320 e. The number of nitrogens with zero attached hydrogens (tertiary/aromatic N) is 2. The maximum atomic E-state index is 14.1. The Morgan fingerprint density at radius 2 is 1.67 bits per heavy atom. The molecule has 1 aliphatic heterocycles. The van der Waals surface area contributed by atoms with E-state index in [2.05, 4.69) is 31.2 Å². The van der Waals surface area contributed by atoms with Crippen molar-refractivity contribution in [2.45, 2.75) is 96.2 Å². The molecule has 2 amide bonds. The first-order chi connectivity index (χ1) is 18.8. The summed E-state index contributed by atoms with van der Waals surface area (Å²) in [7, 11) is 0. The molecule has 1 saturated carbocycles. The molecule has 1 aliphatic carbocycles. The molecule has 4 rings (SSSR count). The van der Waals surface area contributed by atoms with Crippen LogP contribution in [0.5, 0.6) is 0 Å². The molecule has 6 heteroatoms. The number of amides is 2. The van der Waals surface area contributed by atoms with Crippen LogP contribution in [-0.2, 0) is 26.3 Å². The number of benzene rings is 2. The smallest absolute Gasteiger partial charge is 0.246 e. The van der Waals surface area contributed by atoms with Crippen LogP contribution in [-0.4, -0.2) is 52.6 Å². The molecule has 1 heterocycles. The minimum atomic E-state index is -0.744. The minimum absolute atomic E-state index is 0.0366. The predicted octanol–water partition coefficient (Wildman–Crippen LogP) is 5.16. The summed E-state index contributed by atoms with van der Waals surface area (Å²) in [5.41, 5.74) is 9.02. The van der Waals surface area contributed by atoms with E-state index in [0.29, 0.717) is 13.0 Å². The van der Waals surface area contributed by atoms with Gasteiger partial charge >= 0.3 is 0 Å². The van der Waals surface area contributed by atoms with Gasteiger partial charge in [-0.15, -0.1) is 0 Å². The number of Topliss-reactive ketones (excluding diaryl/α,β-unsaturated/α-hetero) is 1. The molecule has 39 heavy (non-hydrogen) atoms. The van der Waals surface area contributed by atoms with Crippen molar-refractivity contribution in [3.8, 4) is 0 Å². The number of hydrogen-bond donors (Lipinski definition) is 1. The van der Waals surface area contributed by atoms with Crippen molar-refractivity contribution in [1.82, 2.24) is 9.80 Å². The third-order valence-electron chi connectivity index (χ3n) is 9.10.